The second-order valence-corrected chi connectivity index (χ2v) is 11.7. The Kier molecular flexibility index (Phi) is 9.55. The number of benzene rings is 2. The molecular formula is C26H37N3O8S. The fourth-order valence-electron chi connectivity index (χ4n) is 4.00. The molecule has 4 N–H and O–H groups in total. The number of nitrogens with one attached hydrogen (secondary N) is 1. The topological polar surface area (TPSA) is 150 Å². The molecule has 12 heteroatoms. The number of phenolic OH excluding ortho intramolecular Hbond substituents is 1. The average molecular weight is 552 g/mol. The van der Waals surface area contributed by atoms with Gasteiger partial charge in [0.05, 0.1) is 4.90 Å². The minimum Gasteiger partial charge on any atom is -0.505 e. The molecule has 38 heavy (non-hydrogen) atoms. The van der Waals surface area contributed by atoms with E-state index in [1.165, 1.54) is 12.1 Å². The van der Waals surface area contributed by atoms with Gasteiger partial charge in [-0.2, -0.15) is 0 Å². The van der Waals surface area contributed by atoms with E-state index in [9.17, 15) is 18.3 Å². The minimum absolute atomic E-state index is 0.0250. The van der Waals surface area contributed by atoms with Crippen LogP contribution in [0.1, 0.15) is 32.8 Å². The first-order valence-corrected chi connectivity index (χ1v) is 14.0. The standard InChI is InChI=1S/C26H37N3O8S/c1-6-18(37-26(27)31)13-17-7-9-21(34-12-11-29(4)5)23(24(17)30)28-25(16(2)3)38(32,33)19-8-10-20-22(14-19)36-15-35-20/h7-10,14,16,18,25,28,30H,6,11-13,15H2,1-5H3,(H2,27,31). The molecule has 11 nitrogen and oxygen atoms in total. The summed E-state index contributed by atoms with van der Waals surface area (Å²) in [5.74, 6) is 0.536. The summed E-state index contributed by atoms with van der Waals surface area (Å²) < 4.78 is 49.3. The normalized spacial score (nSPS) is 14.4. The second-order valence-electron chi connectivity index (χ2n) is 9.64. The van der Waals surface area contributed by atoms with Gasteiger partial charge >= 0.3 is 6.09 Å². The molecule has 0 radical (unpaired) electrons. The van der Waals surface area contributed by atoms with Crippen molar-refractivity contribution in [2.75, 3.05) is 39.4 Å². The fraction of sp³-hybridized carbons (Fsp3) is 0.500. The van der Waals surface area contributed by atoms with Crippen molar-refractivity contribution in [1.29, 1.82) is 0 Å². The quantitative estimate of drug-likeness (QED) is 0.316. The molecule has 0 aromatic heterocycles. The molecular weight excluding hydrogens is 514 g/mol. The average Bonchev–Trinajstić information content (AvgIpc) is 3.32. The first kappa shape index (κ1) is 29.2. The SMILES string of the molecule is CCC(Cc1ccc(OCCN(C)C)c(NC(C(C)C)S(=O)(=O)c2ccc3c(c2)OCO3)c1O)OC(N)=O. The first-order valence-electron chi connectivity index (χ1n) is 12.4. The van der Waals surface area contributed by atoms with Crippen LogP contribution in [-0.4, -0.2) is 70.0 Å². The van der Waals surface area contributed by atoms with Crippen molar-refractivity contribution in [3.8, 4) is 23.0 Å². The van der Waals surface area contributed by atoms with Crippen molar-refractivity contribution in [3.63, 3.8) is 0 Å². The summed E-state index contributed by atoms with van der Waals surface area (Å²) in [7, 11) is -0.147. The molecule has 0 fully saturated rings. The maximum absolute atomic E-state index is 13.8. The van der Waals surface area contributed by atoms with Gasteiger partial charge in [0.15, 0.2) is 21.3 Å². The van der Waals surface area contributed by atoms with Crippen LogP contribution in [0.25, 0.3) is 0 Å². The predicted octanol–water partition coefficient (Wildman–Crippen LogP) is 3.35. The first-order chi connectivity index (χ1) is 17.9. The lowest BCUT2D eigenvalue weighted by Gasteiger charge is -2.27. The van der Waals surface area contributed by atoms with Crippen molar-refractivity contribution < 1.29 is 37.3 Å². The van der Waals surface area contributed by atoms with E-state index in [1.807, 2.05) is 25.9 Å². The molecule has 3 rings (SSSR count). The van der Waals surface area contributed by atoms with Crippen LogP contribution in [0.4, 0.5) is 10.5 Å². The molecule has 2 aromatic rings. The van der Waals surface area contributed by atoms with Crippen LogP contribution in [0.15, 0.2) is 35.2 Å². The molecule has 0 saturated heterocycles. The van der Waals surface area contributed by atoms with Gasteiger partial charge in [-0.25, -0.2) is 13.2 Å². The monoisotopic (exact) mass is 551 g/mol. The van der Waals surface area contributed by atoms with Crippen LogP contribution >= 0.6 is 0 Å². The number of likely N-dealkylation sites (N-methyl/N-ethyl adjacent to an activating group) is 1. The zero-order valence-corrected chi connectivity index (χ0v) is 23.2. The van der Waals surface area contributed by atoms with E-state index in [0.717, 1.165) is 0 Å². The molecule has 0 aliphatic carbocycles. The highest BCUT2D eigenvalue weighted by molar-refractivity contribution is 7.92. The number of aromatic hydroxyl groups is 1. The number of rotatable bonds is 13. The Hall–Kier alpha value is -3.38. The molecule has 2 atom stereocenters. The van der Waals surface area contributed by atoms with Gasteiger partial charge < -0.3 is 40.0 Å². The summed E-state index contributed by atoms with van der Waals surface area (Å²) in [4.78, 5) is 13.3. The van der Waals surface area contributed by atoms with Crippen molar-refractivity contribution in [2.45, 2.75) is 50.0 Å². The van der Waals surface area contributed by atoms with Gasteiger partial charge in [-0.05, 0) is 50.2 Å². The number of sulfone groups is 1. The van der Waals surface area contributed by atoms with Crippen molar-refractivity contribution in [2.24, 2.45) is 11.7 Å². The lowest BCUT2D eigenvalue weighted by molar-refractivity contribution is 0.104. The van der Waals surface area contributed by atoms with Gasteiger partial charge in [0.2, 0.25) is 6.79 Å². The number of ether oxygens (including phenoxy) is 4. The van der Waals surface area contributed by atoms with E-state index in [4.69, 9.17) is 24.7 Å². The molecule has 2 unspecified atom stereocenters. The molecule has 1 amide bonds. The Balaban J connectivity index is 2.00. The number of amides is 1. The highest BCUT2D eigenvalue weighted by atomic mass is 32.2. The van der Waals surface area contributed by atoms with Gasteiger partial charge in [0, 0.05) is 19.0 Å². The molecule has 0 saturated carbocycles. The predicted molar refractivity (Wildman–Crippen MR) is 143 cm³/mol. The highest BCUT2D eigenvalue weighted by Gasteiger charge is 2.34. The van der Waals surface area contributed by atoms with E-state index < -0.39 is 33.3 Å². The second kappa shape index (κ2) is 12.4. The summed E-state index contributed by atoms with van der Waals surface area (Å²) in [6.45, 7) is 6.30. The number of fused-ring (bicyclic) bond motifs is 1. The third kappa shape index (κ3) is 6.93. The maximum Gasteiger partial charge on any atom is 0.404 e. The number of primary amides is 1. The van der Waals surface area contributed by atoms with Gasteiger partial charge in [-0.15, -0.1) is 0 Å². The maximum atomic E-state index is 13.8. The molecule has 0 spiro atoms. The van der Waals surface area contributed by atoms with E-state index >= 15 is 0 Å². The number of carbonyl (C=O) groups is 1. The van der Waals surface area contributed by atoms with Crippen molar-refractivity contribution >= 4 is 21.6 Å². The van der Waals surface area contributed by atoms with Crippen LogP contribution in [0.2, 0.25) is 0 Å². The van der Waals surface area contributed by atoms with Crippen LogP contribution in [0.3, 0.4) is 0 Å². The Morgan fingerprint density at radius 2 is 1.89 bits per heavy atom. The number of nitrogens with two attached hydrogens (primary N) is 1. The smallest absolute Gasteiger partial charge is 0.404 e. The van der Waals surface area contributed by atoms with Crippen LogP contribution in [0, 0.1) is 5.92 Å². The van der Waals surface area contributed by atoms with Crippen LogP contribution in [0.5, 0.6) is 23.0 Å². The number of hydrogen-bond acceptors (Lipinski definition) is 10. The lowest BCUT2D eigenvalue weighted by atomic mass is 10.0. The van der Waals surface area contributed by atoms with Gasteiger partial charge in [-0.1, -0.05) is 26.8 Å². The zero-order chi connectivity index (χ0) is 28.0. The molecule has 0 bridgehead atoms. The summed E-state index contributed by atoms with van der Waals surface area (Å²) in [5.41, 5.74) is 5.77. The van der Waals surface area contributed by atoms with Gasteiger partial charge in [-0.3, -0.25) is 0 Å². The molecule has 1 aliphatic heterocycles. The minimum atomic E-state index is -3.95. The Labute approximate surface area is 223 Å². The van der Waals surface area contributed by atoms with Crippen molar-refractivity contribution in [1.82, 2.24) is 4.90 Å². The van der Waals surface area contributed by atoms with E-state index in [2.05, 4.69) is 5.32 Å². The van der Waals surface area contributed by atoms with Gasteiger partial charge in [0.25, 0.3) is 0 Å². The number of hydrogen-bond donors (Lipinski definition) is 3. The lowest BCUT2D eigenvalue weighted by Crippen LogP contribution is -2.35. The largest absolute Gasteiger partial charge is 0.505 e. The summed E-state index contributed by atoms with van der Waals surface area (Å²) in [6.07, 6.45) is -0.823. The van der Waals surface area contributed by atoms with E-state index in [0.29, 0.717) is 42.4 Å². The van der Waals surface area contributed by atoms with E-state index in [1.54, 1.807) is 32.0 Å². The van der Waals surface area contributed by atoms with Crippen LogP contribution in [-0.2, 0) is 21.0 Å². The number of anilines is 1. The van der Waals surface area contributed by atoms with Gasteiger partial charge in [0.1, 0.15) is 35.3 Å². The summed E-state index contributed by atoms with van der Waals surface area (Å²) in [6, 6.07) is 7.79. The summed E-state index contributed by atoms with van der Waals surface area (Å²) >= 11 is 0. The Morgan fingerprint density at radius 3 is 2.53 bits per heavy atom. The molecule has 210 valence electrons. The number of phenols is 1. The Morgan fingerprint density at radius 1 is 1.18 bits per heavy atom. The molecule has 1 aliphatic rings. The highest BCUT2D eigenvalue weighted by Crippen LogP contribution is 2.41. The molecule has 2 aromatic carbocycles. The zero-order valence-electron chi connectivity index (χ0n) is 22.4. The van der Waals surface area contributed by atoms with Crippen molar-refractivity contribution in [3.05, 3.63) is 35.9 Å². The third-order valence-corrected chi connectivity index (χ3v) is 8.35. The van der Waals surface area contributed by atoms with E-state index in [-0.39, 0.29) is 29.5 Å². The Bertz CT molecular complexity index is 1230. The summed E-state index contributed by atoms with van der Waals surface area (Å²) in [5, 5.41) is 13.2. The number of carbonyl (C=O) groups excluding carboxylic acids is 1. The molecule has 1 heterocycles. The third-order valence-electron chi connectivity index (χ3n) is 6.10. The van der Waals surface area contributed by atoms with Crippen LogP contribution < -0.4 is 25.3 Å². The number of nitrogens with zero attached hydrogens (tertiary/aromatic N) is 1. The fourth-order valence-corrected chi connectivity index (χ4v) is 5.81.